The lowest BCUT2D eigenvalue weighted by atomic mass is 9.91. The lowest BCUT2D eigenvalue weighted by Crippen LogP contribution is -2.27. The van der Waals surface area contributed by atoms with Crippen LogP contribution in [-0.4, -0.2) is 17.5 Å². The molecule has 1 aromatic rings. The first-order valence-electron chi connectivity index (χ1n) is 5.77. The molecule has 3 nitrogen and oxygen atoms in total. The normalized spacial score (nSPS) is 18.8. The Hall–Kier alpha value is -1.90. The van der Waals surface area contributed by atoms with E-state index in [1.807, 2.05) is 23.4 Å². The Morgan fingerprint density at radius 3 is 2.82 bits per heavy atom. The van der Waals surface area contributed by atoms with Gasteiger partial charge in [0, 0.05) is 6.20 Å². The van der Waals surface area contributed by atoms with Crippen molar-refractivity contribution in [3.05, 3.63) is 47.7 Å². The highest BCUT2D eigenvalue weighted by Gasteiger charge is 2.25. The van der Waals surface area contributed by atoms with Gasteiger partial charge in [0.2, 0.25) is 0 Å². The Labute approximate surface area is 101 Å². The van der Waals surface area contributed by atoms with Crippen molar-refractivity contribution in [2.75, 3.05) is 0 Å². The largest absolute Gasteiger partial charge is 0.299 e. The van der Waals surface area contributed by atoms with E-state index in [-0.39, 0.29) is 6.04 Å². The van der Waals surface area contributed by atoms with Gasteiger partial charge >= 0.3 is 0 Å². The van der Waals surface area contributed by atoms with E-state index < -0.39 is 0 Å². The first-order valence-corrected chi connectivity index (χ1v) is 5.77. The van der Waals surface area contributed by atoms with Crippen molar-refractivity contribution in [1.29, 1.82) is 0 Å². The third-order valence-corrected chi connectivity index (χ3v) is 2.88. The van der Waals surface area contributed by atoms with E-state index in [2.05, 4.69) is 31.1 Å². The second kappa shape index (κ2) is 4.95. The molecule has 0 spiro atoms. The molecule has 0 radical (unpaired) electrons. The van der Waals surface area contributed by atoms with Crippen molar-refractivity contribution in [2.24, 2.45) is 11.0 Å². The van der Waals surface area contributed by atoms with Crippen molar-refractivity contribution >= 4 is 12.5 Å². The number of hydrogen-bond acceptors (Lipinski definition) is 3. The van der Waals surface area contributed by atoms with Crippen molar-refractivity contribution in [3.8, 4) is 0 Å². The highest BCUT2D eigenvalue weighted by molar-refractivity contribution is 5.83. The minimum absolute atomic E-state index is 0.187. The van der Waals surface area contributed by atoms with Crippen molar-refractivity contribution in [1.82, 2.24) is 5.01 Å². The molecular weight excluding hydrogens is 212 g/mol. The predicted molar refractivity (Wildman–Crippen MR) is 68.7 cm³/mol. The van der Waals surface area contributed by atoms with Gasteiger partial charge in [0.15, 0.2) is 0 Å². The SMILES string of the molecule is CC(C)C1c2ccccc2C=NN1/C=C/C=O. The van der Waals surface area contributed by atoms with Gasteiger partial charge in [0.1, 0.15) is 6.29 Å². The maximum absolute atomic E-state index is 10.4. The predicted octanol–water partition coefficient (Wildman–Crippen LogP) is 2.75. The molecule has 88 valence electrons. The molecule has 0 saturated heterocycles. The summed E-state index contributed by atoms with van der Waals surface area (Å²) in [4.78, 5) is 10.4. The molecule has 1 aliphatic rings. The molecule has 0 amide bonds. The topological polar surface area (TPSA) is 32.7 Å². The maximum Gasteiger partial charge on any atom is 0.144 e. The smallest absolute Gasteiger partial charge is 0.144 e. The molecule has 3 heteroatoms. The zero-order chi connectivity index (χ0) is 12.3. The average Bonchev–Trinajstić information content (AvgIpc) is 2.35. The van der Waals surface area contributed by atoms with Crippen molar-refractivity contribution in [2.45, 2.75) is 19.9 Å². The monoisotopic (exact) mass is 228 g/mol. The Kier molecular flexibility index (Phi) is 3.38. The Bertz CT molecular complexity index is 463. The van der Waals surface area contributed by atoms with Gasteiger partial charge in [-0.3, -0.25) is 9.80 Å². The number of allylic oxidation sites excluding steroid dienone is 1. The molecule has 0 saturated carbocycles. The first-order chi connectivity index (χ1) is 8.24. The van der Waals surface area contributed by atoms with Crippen LogP contribution in [-0.2, 0) is 4.79 Å². The molecule has 2 rings (SSSR count). The fraction of sp³-hybridized carbons (Fsp3) is 0.286. The fourth-order valence-corrected chi connectivity index (χ4v) is 2.16. The van der Waals surface area contributed by atoms with Gasteiger partial charge in [-0.1, -0.05) is 38.1 Å². The third-order valence-electron chi connectivity index (χ3n) is 2.88. The number of fused-ring (bicyclic) bond motifs is 1. The number of hydrazone groups is 1. The molecular formula is C14H16N2O. The second-order valence-corrected chi connectivity index (χ2v) is 4.42. The van der Waals surface area contributed by atoms with Crippen LogP contribution in [0.5, 0.6) is 0 Å². The van der Waals surface area contributed by atoms with Crippen LogP contribution in [0.4, 0.5) is 0 Å². The highest BCUT2D eigenvalue weighted by Crippen LogP contribution is 2.33. The van der Waals surface area contributed by atoms with E-state index in [1.165, 1.54) is 11.6 Å². The molecule has 1 heterocycles. The van der Waals surface area contributed by atoms with E-state index in [4.69, 9.17) is 0 Å². The molecule has 0 aromatic heterocycles. The summed E-state index contributed by atoms with van der Waals surface area (Å²) in [5.41, 5.74) is 2.41. The average molecular weight is 228 g/mol. The summed E-state index contributed by atoms with van der Waals surface area (Å²) in [6.45, 7) is 4.31. The van der Waals surface area contributed by atoms with E-state index in [0.29, 0.717) is 5.92 Å². The standard InChI is InChI=1S/C14H16N2O/c1-11(2)14-13-7-4-3-6-12(13)10-15-16(14)8-5-9-17/h3-11,14H,1-2H3/b8-5+. The van der Waals surface area contributed by atoms with Crippen LogP contribution in [0.25, 0.3) is 0 Å². The number of hydrogen-bond donors (Lipinski definition) is 0. The summed E-state index contributed by atoms with van der Waals surface area (Å²) >= 11 is 0. The van der Waals surface area contributed by atoms with Crippen LogP contribution in [0, 0.1) is 5.92 Å². The van der Waals surface area contributed by atoms with E-state index >= 15 is 0 Å². The van der Waals surface area contributed by atoms with Gasteiger partial charge in [-0.05, 0) is 23.1 Å². The Morgan fingerprint density at radius 1 is 1.35 bits per heavy atom. The molecule has 1 aliphatic heterocycles. The van der Waals surface area contributed by atoms with Gasteiger partial charge in [0.25, 0.3) is 0 Å². The summed E-state index contributed by atoms with van der Waals surface area (Å²) < 4.78 is 0. The van der Waals surface area contributed by atoms with E-state index in [0.717, 1.165) is 11.8 Å². The van der Waals surface area contributed by atoms with Crippen LogP contribution in [0.2, 0.25) is 0 Å². The van der Waals surface area contributed by atoms with Gasteiger partial charge in [-0.15, -0.1) is 0 Å². The van der Waals surface area contributed by atoms with E-state index in [9.17, 15) is 4.79 Å². The van der Waals surface area contributed by atoms with Crippen LogP contribution >= 0.6 is 0 Å². The molecule has 1 atom stereocenters. The van der Waals surface area contributed by atoms with Crippen molar-refractivity contribution < 1.29 is 4.79 Å². The Morgan fingerprint density at radius 2 is 2.12 bits per heavy atom. The van der Waals surface area contributed by atoms with E-state index in [1.54, 1.807) is 6.20 Å². The Balaban J connectivity index is 2.41. The molecule has 1 unspecified atom stereocenters. The second-order valence-electron chi connectivity index (χ2n) is 4.42. The van der Waals surface area contributed by atoms with Crippen LogP contribution in [0.1, 0.15) is 31.0 Å². The lowest BCUT2D eigenvalue weighted by Gasteiger charge is -2.33. The van der Waals surface area contributed by atoms with Crippen LogP contribution < -0.4 is 0 Å². The summed E-state index contributed by atoms with van der Waals surface area (Å²) in [5, 5.41) is 6.22. The number of benzene rings is 1. The number of rotatable bonds is 3. The summed E-state index contributed by atoms with van der Waals surface area (Å²) in [6, 6.07) is 8.42. The molecule has 0 aliphatic carbocycles. The number of nitrogens with zero attached hydrogens (tertiary/aromatic N) is 2. The maximum atomic E-state index is 10.4. The van der Waals surface area contributed by atoms with Gasteiger partial charge in [-0.2, -0.15) is 5.10 Å². The van der Waals surface area contributed by atoms with Crippen LogP contribution in [0.3, 0.4) is 0 Å². The number of carbonyl (C=O) groups is 1. The molecule has 1 aromatic carbocycles. The number of aldehydes is 1. The van der Waals surface area contributed by atoms with Gasteiger partial charge in [0.05, 0.1) is 12.3 Å². The zero-order valence-electron chi connectivity index (χ0n) is 10.1. The quantitative estimate of drug-likeness (QED) is 0.588. The minimum atomic E-state index is 0.187. The summed E-state index contributed by atoms with van der Waals surface area (Å²) in [5.74, 6) is 0.421. The molecule has 0 N–H and O–H groups in total. The summed E-state index contributed by atoms with van der Waals surface area (Å²) in [6.07, 6.45) is 5.81. The van der Waals surface area contributed by atoms with Crippen molar-refractivity contribution in [3.63, 3.8) is 0 Å². The molecule has 17 heavy (non-hydrogen) atoms. The zero-order valence-corrected chi connectivity index (χ0v) is 10.1. The minimum Gasteiger partial charge on any atom is -0.299 e. The van der Waals surface area contributed by atoms with Gasteiger partial charge < -0.3 is 0 Å². The van der Waals surface area contributed by atoms with Gasteiger partial charge in [-0.25, -0.2) is 0 Å². The summed E-state index contributed by atoms with van der Waals surface area (Å²) in [7, 11) is 0. The lowest BCUT2D eigenvalue weighted by molar-refractivity contribution is -0.104. The third kappa shape index (κ3) is 2.28. The first kappa shape index (κ1) is 11.6. The number of carbonyl (C=O) groups excluding carboxylic acids is 1. The molecule has 0 fully saturated rings. The molecule has 0 bridgehead atoms. The highest BCUT2D eigenvalue weighted by atomic mass is 16.1. The van der Waals surface area contributed by atoms with Crippen LogP contribution in [0.15, 0.2) is 41.6 Å². The fourth-order valence-electron chi connectivity index (χ4n) is 2.16.